The summed E-state index contributed by atoms with van der Waals surface area (Å²) in [5.41, 5.74) is 0. The molecule has 42 valence electrons. The molecule has 0 bridgehead atoms. The van der Waals surface area contributed by atoms with Crippen molar-refractivity contribution in [1.29, 1.82) is 0 Å². The van der Waals surface area contributed by atoms with Crippen molar-refractivity contribution in [3.63, 3.8) is 0 Å². The summed E-state index contributed by atoms with van der Waals surface area (Å²) in [4.78, 5) is 0. The van der Waals surface area contributed by atoms with Crippen LogP contribution in [0.1, 0.15) is 26.7 Å². The van der Waals surface area contributed by atoms with Crippen LogP contribution in [0.25, 0.3) is 0 Å². The van der Waals surface area contributed by atoms with Gasteiger partial charge in [0.25, 0.3) is 0 Å². The number of hydrogen-bond acceptors (Lipinski definition) is 1. The van der Waals surface area contributed by atoms with Gasteiger partial charge in [-0.25, -0.2) is 0 Å². The number of nitrogens with one attached hydrogen (secondary N) is 1. The summed E-state index contributed by atoms with van der Waals surface area (Å²) in [6, 6.07) is 1.69. The van der Waals surface area contributed by atoms with Crippen LogP contribution in [0.5, 0.6) is 0 Å². The Labute approximate surface area is 45.1 Å². The minimum absolute atomic E-state index is 0.819. The van der Waals surface area contributed by atoms with Gasteiger partial charge in [-0.1, -0.05) is 13.3 Å². The van der Waals surface area contributed by atoms with E-state index in [4.69, 9.17) is 0 Å². The van der Waals surface area contributed by atoms with Crippen LogP contribution < -0.4 is 5.32 Å². The molecule has 1 rings (SSSR count). The SMILES string of the molecule is CCCC1NC1C. The highest BCUT2D eigenvalue weighted by atomic mass is 15.1. The largest absolute Gasteiger partial charge is 0.308 e. The second-order valence-electron chi connectivity index (χ2n) is 2.35. The maximum Gasteiger partial charge on any atom is 0.0221 e. The van der Waals surface area contributed by atoms with Crippen LogP contribution >= 0.6 is 0 Å². The Morgan fingerprint density at radius 1 is 1.57 bits per heavy atom. The van der Waals surface area contributed by atoms with Crippen molar-refractivity contribution >= 4 is 0 Å². The topological polar surface area (TPSA) is 21.9 Å². The first-order valence-electron chi connectivity index (χ1n) is 3.10. The molecule has 0 aromatic rings. The zero-order valence-electron chi connectivity index (χ0n) is 5.07. The smallest absolute Gasteiger partial charge is 0.0221 e. The van der Waals surface area contributed by atoms with E-state index in [0.717, 1.165) is 12.1 Å². The normalized spacial score (nSPS) is 38.6. The molecule has 7 heavy (non-hydrogen) atoms. The maximum atomic E-state index is 3.33. The van der Waals surface area contributed by atoms with Crippen molar-refractivity contribution in [3.05, 3.63) is 0 Å². The fourth-order valence-corrected chi connectivity index (χ4v) is 0.926. The van der Waals surface area contributed by atoms with Gasteiger partial charge < -0.3 is 5.32 Å². The molecule has 1 heterocycles. The minimum atomic E-state index is 0.819. The lowest BCUT2D eigenvalue weighted by Gasteiger charge is -1.84. The molecular formula is C6H13N. The van der Waals surface area contributed by atoms with E-state index < -0.39 is 0 Å². The molecule has 1 heteroatoms. The van der Waals surface area contributed by atoms with Crippen molar-refractivity contribution in [2.24, 2.45) is 0 Å². The lowest BCUT2D eigenvalue weighted by atomic mass is 10.2. The van der Waals surface area contributed by atoms with Crippen LogP contribution in [-0.4, -0.2) is 12.1 Å². The summed E-state index contributed by atoms with van der Waals surface area (Å²) in [6.07, 6.45) is 2.68. The fourth-order valence-electron chi connectivity index (χ4n) is 0.926. The number of hydrogen-bond donors (Lipinski definition) is 1. The third kappa shape index (κ3) is 1.16. The Balaban J connectivity index is 1.98. The predicted octanol–water partition coefficient (Wildman–Crippen LogP) is 1.15. The molecule has 2 unspecified atom stereocenters. The van der Waals surface area contributed by atoms with Crippen LogP contribution in [-0.2, 0) is 0 Å². The van der Waals surface area contributed by atoms with Gasteiger partial charge >= 0.3 is 0 Å². The zero-order valence-corrected chi connectivity index (χ0v) is 5.07. The van der Waals surface area contributed by atoms with Gasteiger partial charge in [-0.3, -0.25) is 0 Å². The summed E-state index contributed by atoms with van der Waals surface area (Å²) in [5, 5.41) is 3.33. The van der Waals surface area contributed by atoms with Crippen LogP contribution in [0.4, 0.5) is 0 Å². The molecule has 0 saturated carbocycles. The average Bonchev–Trinajstić information content (AvgIpc) is 2.22. The molecule has 0 spiro atoms. The molecule has 1 aliphatic heterocycles. The molecular weight excluding hydrogens is 86.1 g/mol. The lowest BCUT2D eigenvalue weighted by molar-refractivity contribution is 0.764. The van der Waals surface area contributed by atoms with Gasteiger partial charge in [-0.15, -0.1) is 0 Å². The van der Waals surface area contributed by atoms with E-state index >= 15 is 0 Å². The van der Waals surface area contributed by atoms with Crippen molar-refractivity contribution < 1.29 is 0 Å². The highest BCUT2D eigenvalue weighted by Gasteiger charge is 2.29. The van der Waals surface area contributed by atoms with E-state index in [1.165, 1.54) is 12.8 Å². The first-order chi connectivity index (χ1) is 3.34. The summed E-state index contributed by atoms with van der Waals surface area (Å²) in [6.45, 7) is 4.47. The number of rotatable bonds is 2. The standard InChI is InChI=1S/C6H13N/c1-3-4-6-5(2)7-6/h5-7H,3-4H2,1-2H3. The zero-order chi connectivity index (χ0) is 5.28. The van der Waals surface area contributed by atoms with E-state index in [2.05, 4.69) is 19.2 Å². The molecule has 0 amide bonds. The van der Waals surface area contributed by atoms with Gasteiger partial charge in [-0.05, 0) is 13.3 Å². The summed E-state index contributed by atoms with van der Waals surface area (Å²) in [5.74, 6) is 0. The van der Waals surface area contributed by atoms with Crippen molar-refractivity contribution in [3.8, 4) is 0 Å². The third-order valence-electron chi connectivity index (χ3n) is 1.57. The first-order valence-corrected chi connectivity index (χ1v) is 3.10. The monoisotopic (exact) mass is 99.1 g/mol. The molecule has 1 saturated heterocycles. The summed E-state index contributed by atoms with van der Waals surface area (Å²) >= 11 is 0. The van der Waals surface area contributed by atoms with Crippen LogP contribution in [0.15, 0.2) is 0 Å². The van der Waals surface area contributed by atoms with Gasteiger partial charge in [-0.2, -0.15) is 0 Å². The molecule has 0 radical (unpaired) electrons. The maximum absolute atomic E-state index is 3.33. The molecule has 0 aromatic heterocycles. The lowest BCUT2D eigenvalue weighted by Crippen LogP contribution is -1.87. The molecule has 0 aliphatic carbocycles. The van der Waals surface area contributed by atoms with Crippen LogP contribution in [0, 0.1) is 0 Å². The Bertz CT molecular complexity index is 61.2. The van der Waals surface area contributed by atoms with Crippen molar-refractivity contribution in [2.45, 2.75) is 38.8 Å². The van der Waals surface area contributed by atoms with E-state index in [-0.39, 0.29) is 0 Å². The molecule has 1 fully saturated rings. The van der Waals surface area contributed by atoms with E-state index in [0.29, 0.717) is 0 Å². The van der Waals surface area contributed by atoms with Gasteiger partial charge in [0, 0.05) is 12.1 Å². The van der Waals surface area contributed by atoms with Crippen molar-refractivity contribution in [1.82, 2.24) is 5.32 Å². The average molecular weight is 99.2 g/mol. The van der Waals surface area contributed by atoms with Crippen LogP contribution in [0.3, 0.4) is 0 Å². The Hall–Kier alpha value is -0.0400. The van der Waals surface area contributed by atoms with Crippen LogP contribution in [0.2, 0.25) is 0 Å². The Kier molecular flexibility index (Phi) is 1.33. The third-order valence-corrected chi connectivity index (χ3v) is 1.57. The van der Waals surface area contributed by atoms with Gasteiger partial charge in [0.1, 0.15) is 0 Å². The molecule has 1 aliphatic rings. The van der Waals surface area contributed by atoms with Crippen molar-refractivity contribution in [2.75, 3.05) is 0 Å². The fraction of sp³-hybridized carbons (Fsp3) is 1.00. The Morgan fingerprint density at radius 3 is 2.29 bits per heavy atom. The van der Waals surface area contributed by atoms with E-state index in [1.807, 2.05) is 0 Å². The quantitative estimate of drug-likeness (QED) is 0.515. The molecule has 0 aromatic carbocycles. The minimum Gasteiger partial charge on any atom is -0.308 e. The molecule has 2 atom stereocenters. The highest BCUT2D eigenvalue weighted by molar-refractivity contribution is 4.93. The second-order valence-corrected chi connectivity index (χ2v) is 2.35. The van der Waals surface area contributed by atoms with Gasteiger partial charge in [0.2, 0.25) is 0 Å². The predicted molar refractivity (Wildman–Crippen MR) is 31.3 cm³/mol. The molecule has 1 nitrogen and oxygen atoms in total. The Morgan fingerprint density at radius 2 is 2.14 bits per heavy atom. The molecule has 1 N–H and O–H groups in total. The summed E-state index contributed by atoms with van der Waals surface area (Å²) < 4.78 is 0. The van der Waals surface area contributed by atoms with Gasteiger partial charge in [0.05, 0.1) is 0 Å². The van der Waals surface area contributed by atoms with Gasteiger partial charge in [0.15, 0.2) is 0 Å². The summed E-state index contributed by atoms with van der Waals surface area (Å²) in [7, 11) is 0. The highest BCUT2D eigenvalue weighted by Crippen LogP contribution is 2.14. The first kappa shape index (κ1) is 5.10. The second kappa shape index (κ2) is 1.83. The van der Waals surface area contributed by atoms with E-state index in [1.54, 1.807) is 0 Å². The van der Waals surface area contributed by atoms with E-state index in [9.17, 15) is 0 Å².